The molecule has 12 heavy (non-hydrogen) atoms. The Morgan fingerprint density at radius 1 is 1.50 bits per heavy atom. The van der Waals surface area contributed by atoms with Crippen molar-refractivity contribution in [3.05, 3.63) is 23.8 Å². The van der Waals surface area contributed by atoms with Crippen molar-refractivity contribution in [2.45, 2.75) is 0 Å². The van der Waals surface area contributed by atoms with E-state index in [9.17, 15) is 9.90 Å². The lowest BCUT2D eigenvalue weighted by atomic mass is 10.2. The van der Waals surface area contributed by atoms with Crippen molar-refractivity contribution < 1.29 is 19.7 Å². The highest BCUT2D eigenvalue weighted by atomic mass is 16.5. The first-order valence-corrected chi connectivity index (χ1v) is 3.23. The molecule has 0 amide bonds. The molecule has 0 aromatic heterocycles. The van der Waals surface area contributed by atoms with E-state index in [1.165, 1.54) is 25.3 Å². The van der Waals surface area contributed by atoms with Crippen LogP contribution in [0.4, 0.5) is 0 Å². The van der Waals surface area contributed by atoms with E-state index < -0.39 is 5.97 Å². The van der Waals surface area contributed by atoms with Crippen molar-refractivity contribution in [2.24, 2.45) is 0 Å². The fourth-order valence-electron chi connectivity index (χ4n) is 0.811. The highest BCUT2D eigenvalue weighted by molar-refractivity contribution is 5.90. The van der Waals surface area contributed by atoms with Gasteiger partial charge in [0.25, 0.3) is 0 Å². The molecule has 0 aliphatic heterocycles. The van der Waals surface area contributed by atoms with Crippen molar-refractivity contribution in [3.63, 3.8) is 0 Å². The van der Waals surface area contributed by atoms with Gasteiger partial charge in [0.1, 0.15) is 17.1 Å². The zero-order valence-corrected chi connectivity index (χ0v) is 6.40. The summed E-state index contributed by atoms with van der Waals surface area (Å²) in [5, 5.41) is 19.4. The van der Waals surface area contributed by atoms with Crippen molar-refractivity contribution >= 4 is 5.97 Å². The molecule has 0 spiro atoms. The van der Waals surface area contributed by atoms with Crippen LogP contribution in [-0.4, -0.2) is 18.2 Å². The van der Waals surface area contributed by atoms with Crippen LogP contribution in [0, 0.1) is 0 Å². The summed E-state index contributed by atoms with van der Waals surface area (Å²) in [5.74, 6) is -1.36. The molecule has 1 radical (unpaired) electrons. The topological polar surface area (TPSA) is 66.4 Å². The molecule has 0 heterocycles. The van der Waals surface area contributed by atoms with Gasteiger partial charge in [-0.05, 0) is 12.1 Å². The highest BCUT2D eigenvalue weighted by Crippen LogP contribution is 2.22. The second-order valence-corrected chi connectivity index (χ2v) is 2.17. The van der Waals surface area contributed by atoms with E-state index in [-0.39, 0.29) is 11.3 Å². The monoisotopic (exact) mass is 167 g/mol. The molecule has 0 atom stereocenters. The van der Waals surface area contributed by atoms with Gasteiger partial charge in [-0.2, -0.15) is 0 Å². The van der Waals surface area contributed by atoms with Gasteiger partial charge in [-0.3, -0.25) is 0 Å². The Balaban J connectivity index is 3.12. The number of ether oxygens (including phenoxy) is 1. The van der Waals surface area contributed by atoms with Gasteiger partial charge in [0.05, 0.1) is 7.11 Å². The number of aromatic hydroxyl groups is 1. The van der Waals surface area contributed by atoms with Crippen LogP contribution in [0.2, 0.25) is 0 Å². The summed E-state index contributed by atoms with van der Waals surface area (Å²) in [7, 11) is 1.42. The minimum absolute atomic E-state index is 0.240. The minimum Gasteiger partial charge on any atom is -0.507 e. The van der Waals surface area contributed by atoms with Gasteiger partial charge in [0.2, 0.25) is 0 Å². The zero-order valence-electron chi connectivity index (χ0n) is 6.40. The van der Waals surface area contributed by atoms with E-state index in [1.54, 1.807) is 0 Å². The number of carbonyl (C=O) groups excluding carboxylic acids is 1. The van der Waals surface area contributed by atoms with Crippen LogP contribution in [-0.2, 0) is 5.11 Å². The molecule has 0 saturated heterocycles. The van der Waals surface area contributed by atoms with Gasteiger partial charge >= 0.3 is 5.97 Å². The molecule has 0 saturated carbocycles. The van der Waals surface area contributed by atoms with Gasteiger partial charge in [-0.15, -0.1) is 0 Å². The number of rotatable bonds is 2. The Bertz CT molecular complexity index is 306. The summed E-state index contributed by atoms with van der Waals surface area (Å²) in [4.78, 5) is 10.3. The van der Waals surface area contributed by atoms with Gasteiger partial charge < -0.3 is 9.84 Å². The molecule has 0 bridgehead atoms. The molecule has 0 aliphatic rings. The Kier molecular flexibility index (Phi) is 2.19. The Labute approximate surface area is 69.0 Å². The predicted molar refractivity (Wildman–Crippen MR) is 39.7 cm³/mol. The van der Waals surface area contributed by atoms with Crippen molar-refractivity contribution in [3.8, 4) is 11.5 Å². The van der Waals surface area contributed by atoms with Gasteiger partial charge in [-0.25, -0.2) is 9.90 Å². The highest BCUT2D eigenvalue weighted by Gasteiger charge is 2.11. The Hall–Kier alpha value is -1.71. The van der Waals surface area contributed by atoms with Crippen LogP contribution < -0.4 is 4.74 Å². The first-order valence-electron chi connectivity index (χ1n) is 3.23. The van der Waals surface area contributed by atoms with Crippen LogP contribution in [0.25, 0.3) is 0 Å². The molecule has 63 valence electrons. The molecule has 4 heteroatoms. The number of phenolic OH excluding ortho intramolecular Hbond substituents is 1. The molecule has 4 nitrogen and oxygen atoms in total. The summed E-state index contributed by atoms with van der Waals surface area (Å²) >= 11 is 0. The van der Waals surface area contributed by atoms with Crippen molar-refractivity contribution in [2.75, 3.05) is 7.11 Å². The van der Waals surface area contributed by atoms with Crippen molar-refractivity contribution in [1.29, 1.82) is 0 Å². The Morgan fingerprint density at radius 3 is 2.58 bits per heavy atom. The molecule has 1 aromatic carbocycles. The van der Waals surface area contributed by atoms with E-state index in [2.05, 4.69) is 0 Å². The number of benzene rings is 1. The summed E-state index contributed by atoms with van der Waals surface area (Å²) in [6.07, 6.45) is 0. The second kappa shape index (κ2) is 3.13. The lowest BCUT2D eigenvalue weighted by Gasteiger charge is -2.01. The van der Waals surface area contributed by atoms with Gasteiger partial charge in [0, 0.05) is 6.07 Å². The summed E-state index contributed by atoms with van der Waals surface area (Å²) in [6, 6.07) is 3.87. The van der Waals surface area contributed by atoms with Crippen LogP contribution in [0.1, 0.15) is 10.4 Å². The largest absolute Gasteiger partial charge is 0.507 e. The first-order chi connectivity index (χ1) is 5.65. The number of phenols is 1. The molecular weight excluding hydrogens is 160 g/mol. The predicted octanol–water partition coefficient (Wildman–Crippen LogP) is 0.972. The number of methoxy groups -OCH3 is 1. The fourth-order valence-corrected chi connectivity index (χ4v) is 0.811. The molecular formula is C8H7O4. The second-order valence-electron chi connectivity index (χ2n) is 2.17. The van der Waals surface area contributed by atoms with E-state index in [4.69, 9.17) is 9.84 Å². The zero-order chi connectivity index (χ0) is 9.14. The molecule has 1 N–H and O–H groups in total. The van der Waals surface area contributed by atoms with Crippen LogP contribution in [0.15, 0.2) is 18.2 Å². The SMILES string of the molecule is COc1ccc(C([O])=O)c(O)c1. The third-order valence-electron chi connectivity index (χ3n) is 1.42. The number of hydrogen-bond acceptors (Lipinski definition) is 3. The maximum absolute atomic E-state index is 10.3. The van der Waals surface area contributed by atoms with E-state index >= 15 is 0 Å². The summed E-state index contributed by atoms with van der Waals surface area (Å²) < 4.78 is 4.76. The maximum atomic E-state index is 10.3. The van der Waals surface area contributed by atoms with E-state index in [1.807, 2.05) is 0 Å². The fraction of sp³-hybridized carbons (Fsp3) is 0.125. The Morgan fingerprint density at radius 2 is 2.17 bits per heavy atom. The smallest absolute Gasteiger partial charge is 0.390 e. The van der Waals surface area contributed by atoms with Crippen LogP contribution in [0.5, 0.6) is 11.5 Å². The third-order valence-corrected chi connectivity index (χ3v) is 1.42. The number of hydrogen-bond donors (Lipinski definition) is 1. The molecule has 1 aromatic rings. The first kappa shape index (κ1) is 8.39. The molecule has 0 aliphatic carbocycles. The maximum Gasteiger partial charge on any atom is 0.390 e. The molecule has 0 unspecified atom stereocenters. The minimum atomic E-state index is -1.41. The quantitative estimate of drug-likeness (QED) is 0.713. The van der Waals surface area contributed by atoms with Crippen molar-refractivity contribution in [1.82, 2.24) is 0 Å². The van der Waals surface area contributed by atoms with E-state index in [0.717, 1.165) is 0 Å². The molecule has 0 fully saturated rings. The van der Waals surface area contributed by atoms with Gasteiger partial charge in [0.15, 0.2) is 0 Å². The molecule has 1 rings (SSSR count). The van der Waals surface area contributed by atoms with Crippen LogP contribution in [0.3, 0.4) is 0 Å². The summed E-state index contributed by atoms with van der Waals surface area (Å²) in [6.45, 7) is 0. The lowest BCUT2D eigenvalue weighted by Crippen LogP contribution is -1.94. The van der Waals surface area contributed by atoms with Gasteiger partial charge in [-0.1, -0.05) is 0 Å². The lowest BCUT2D eigenvalue weighted by molar-refractivity contribution is 0.0570. The van der Waals surface area contributed by atoms with Crippen LogP contribution >= 0.6 is 0 Å². The average molecular weight is 167 g/mol. The van der Waals surface area contributed by atoms with E-state index in [0.29, 0.717) is 5.75 Å². The normalized spacial score (nSPS) is 9.42. The average Bonchev–Trinajstić information content (AvgIpc) is 2.03. The standard InChI is InChI=1S/C8H7O4/c1-12-5-2-3-6(8(10)11)7(9)4-5/h2-4,9H,1H3. The number of carbonyl (C=O) groups is 1. The summed E-state index contributed by atoms with van der Waals surface area (Å²) in [5.41, 5.74) is -0.240. The third kappa shape index (κ3) is 1.47.